The van der Waals surface area contributed by atoms with Crippen LogP contribution < -0.4 is 0 Å². The van der Waals surface area contributed by atoms with E-state index in [2.05, 4.69) is 13.8 Å². The van der Waals surface area contributed by atoms with Gasteiger partial charge in [0.1, 0.15) is 4.21 Å². The van der Waals surface area contributed by atoms with Gasteiger partial charge in [0.15, 0.2) is 0 Å². The molecule has 2 aliphatic rings. The van der Waals surface area contributed by atoms with Crippen molar-refractivity contribution in [1.82, 2.24) is 9.21 Å². The number of thiophene rings is 1. The molecule has 3 rings (SSSR count). The molecule has 0 bridgehead atoms. The predicted molar refractivity (Wildman–Crippen MR) is 95.3 cm³/mol. The van der Waals surface area contributed by atoms with Crippen molar-refractivity contribution in [2.75, 3.05) is 26.2 Å². The molecule has 0 radical (unpaired) electrons. The lowest BCUT2D eigenvalue weighted by atomic mass is 9.89. The van der Waals surface area contributed by atoms with Gasteiger partial charge in [-0.25, -0.2) is 8.42 Å². The summed E-state index contributed by atoms with van der Waals surface area (Å²) in [5, 5.41) is 1.78. The highest BCUT2D eigenvalue weighted by Gasteiger charge is 2.35. The van der Waals surface area contributed by atoms with Crippen LogP contribution in [-0.4, -0.2) is 49.7 Å². The Kier molecular flexibility index (Phi) is 5.32. The van der Waals surface area contributed by atoms with Crippen molar-refractivity contribution in [1.29, 1.82) is 0 Å². The van der Waals surface area contributed by atoms with Crippen molar-refractivity contribution >= 4 is 27.3 Å². The fourth-order valence-corrected chi connectivity index (χ4v) is 6.60. The van der Waals surface area contributed by atoms with Gasteiger partial charge in [0.2, 0.25) is 5.91 Å². The van der Waals surface area contributed by atoms with Crippen molar-refractivity contribution in [2.24, 2.45) is 17.8 Å². The number of nitrogens with zero attached hydrogens (tertiary/aromatic N) is 2. The zero-order valence-corrected chi connectivity index (χ0v) is 16.0. The summed E-state index contributed by atoms with van der Waals surface area (Å²) in [5.41, 5.74) is 0. The third-order valence-corrected chi connectivity index (χ3v) is 8.34. The van der Waals surface area contributed by atoms with Crippen LogP contribution in [-0.2, 0) is 14.8 Å². The fourth-order valence-electron chi connectivity index (χ4n) is 3.98. The molecule has 2 saturated heterocycles. The minimum absolute atomic E-state index is 0.0303. The molecule has 1 aromatic rings. The number of hydrogen-bond acceptors (Lipinski definition) is 4. The highest BCUT2D eigenvalue weighted by Crippen LogP contribution is 2.29. The van der Waals surface area contributed by atoms with Crippen LogP contribution in [0.25, 0.3) is 0 Å². The molecule has 5 nitrogen and oxygen atoms in total. The standard InChI is InChI=1S/C17H26N2O3S2/c1-13-10-14(2)12-18(11-13)17(20)15-5-7-19(8-6-15)24(21,22)16-4-3-9-23-16/h3-4,9,13-15H,5-8,10-12H2,1-2H3/t13-,14-/m0/s1. The smallest absolute Gasteiger partial charge is 0.252 e. The van der Waals surface area contributed by atoms with E-state index in [-0.39, 0.29) is 11.8 Å². The van der Waals surface area contributed by atoms with E-state index in [1.54, 1.807) is 17.5 Å². The summed E-state index contributed by atoms with van der Waals surface area (Å²) in [5.74, 6) is 1.30. The van der Waals surface area contributed by atoms with Crippen molar-refractivity contribution in [2.45, 2.75) is 37.3 Å². The maximum Gasteiger partial charge on any atom is 0.252 e. The Morgan fingerprint density at radius 1 is 1.17 bits per heavy atom. The van der Waals surface area contributed by atoms with E-state index in [9.17, 15) is 13.2 Å². The largest absolute Gasteiger partial charge is 0.342 e. The molecule has 2 fully saturated rings. The van der Waals surface area contributed by atoms with E-state index in [4.69, 9.17) is 0 Å². The normalized spacial score (nSPS) is 27.3. The minimum Gasteiger partial charge on any atom is -0.342 e. The Hall–Kier alpha value is -0.920. The molecule has 2 atom stereocenters. The molecule has 0 spiro atoms. The predicted octanol–water partition coefficient (Wildman–Crippen LogP) is 2.65. The number of hydrogen-bond donors (Lipinski definition) is 0. The molecular weight excluding hydrogens is 344 g/mol. The number of rotatable bonds is 3. The van der Waals surface area contributed by atoms with Crippen molar-refractivity contribution in [3.63, 3.8) is 0 Å². The van der Waals surface area contributed by atoms with Gasteiger partial charge in [0, 0.05) is 32.1 Å². The molecule has 2 aliphatic heterocycles. The molecule has 0 saturated carbocycles. The van der Waals surface area contributed by atoms with Crippen molar-refractivity contribution < 1.29 is 13.2 Å². The number of sulfonamides is 1. The van der Waals surface area contributed by atoms with Crippen LogP contribution in [0.4, 0.5) is 0 Å². The number of amides is 1. The van der Waals surface area contributed by atoms with Crippen LogP contribution in [0.15, 0.2) is 21.7 Å². The van der Waals surface area contributed by atoms with E-state index in [0.717, 1.165) is 13.1 Å². The quantitative estimate of drug-likeness (QED) is 0.822. The molecule has 0 aromatic carbocycles. The Morgan fingerprint density at radius 3 is 2.33 bits per heavy atom. The van der Waals surface area contributed by atoms with Gasteiger partial charge in [0.05, 0.1) is 0 Å². The molecule has 24 heavy (non-hydrogen) atoms. The monoisotopic (exact) mass is 370 g/mol. The topological polar surface area (TPSA) is 57.7 Å². The second-order valence-electron chi connectivity index (χ2n) is 7.30. The lowest BCUT2D eigenvalue weighted by molar-refractivity contribution is -0.139. The van der Waals surface area contributed by atoms with Crippen LogP contribution in [0.3, 0.4) is 0 Å². The molecule has 0 aliphatic carbocycles. The summed E-state index contributed by atoms with van der Waals surface area (Å²) in [6.45, 7) is 6.97. The molecule has 7 heteroatoms. The lowest BCUT2D eigenvalue weighted by Crippen LogP contribution is -2.48. The molecule has 134 valence electrons. The van der Waals surface area contributed by atoms with E-state index in [1.165, 1.54) is 22.1 Å². The molecule has 0 unspecified atom stereocenters. The zero-order chi connectivity index (χ0) is 17.3. The van der Waals surface area contributed by atoms with Crippen molar-refractivity contribution in [3.05, 3.63) is 17.5 Å². The Morgan fingerprint density at radius 2 is 1.79 bits per heavy atom. The summed E-state index contributed by atoms with van der Waals surface area (Å²) in [4.78, 5) is 14.8. The molecule has 1 aromatic heterocycles. The van der Waals surface area contributed by atoms with Crippen LogP contribution in [0.2, 0.25) is 0 Å². The summed E-state index contributed by atoms with van der Waals surface area (Å²) in [6.07, 6.45) is 2.44. The Labute approximate surface area is 148 Å². The lowest BCUT2D eigenvalue weighted by Gasteiger charge is -2.38. The van der Waals surface area contributed by atoms with Crippen LogP contribution in [0.5, 0.6) is 0 Å². The molecular formula is C17H26N2O3S2. The van der Waals surface area contributed by atoms with Gasteiger partial charge >= 0.3 is 0 Å². The molecule has 0 N–H and O–H groups in total. The Balaban J connectivity index is 1.60. The zero-order valence-electron chi connectivity index (χ0n) is 14.3. The maximum absolute atomic E-state index is 12.8. The van der Waals surface area contributed by atoms with Crippen LogP contribution in [0, 0.1) is 17.8 Å². The van der Waals surface area contributed by atoms with Gasteiger partial charge in [0.25, 0.3) is 10.0 Å². The van der Waals surface area contributed by atoms with Crippen LogP contribution in [0.1, 0.15) is 33.1 Å². The van der Waals surface area contributed by atoms with E-state index in [0.29, 0.717) is 42.0 Å². The average Bonchev–Trinajstić information content (AvgIpc) is 3.08. The first-order valence-corrected chi connectivity index (χ1v) is 11.0. The third-order valence-electron chi connectivity index (χ3n) is 5.07. The number of carbonyl (C=O) groups excluding carboxylic acids is 1. The SMILES string of the molecule is C[C@H]1C[C@H](C)CN(C(=O)C2CCN(S(=O)(=O)c3cccs3)CC2)C1. The van der Waals surface area contributed by atoms with Gasteiger partial charge in [-0.2, -0.15) is 4.31 Å². The first-order valence-electron chi connectivity index (χ1n) is 8.70. The van der Waals surface area contributed by atoms with Gasteiger partial charge < -0.3 is 4.90 Å². The second-order valence-corrected chi connectivity index (χ2v) is 10.4. The highest BCUT2D eigenvalue weighted by molar-refractivity contribution is 7.91. The first kappa shape index (κ1) is 17.9. The second kappa shape index (κ2) is 7.14. The summed E-state index contributed by atoms with van der Waals surface area (Å²) < 4.78 is 27.0. The number of likely N-dealkylation sites (tertiary alicyclic amines) is 1. The van der Waals surface area contributed by atoms with E-state index < -0.39 is 10.0 Å². The third kappa shape index (κ3) is 3.68. The fraction of sp³-hybridized carbons (Fsp3) is 0.706. The maximum atomic E-state index is 12.8. The number of piperidine rings is 2. The summed E-state index contributed by atoms with van der Waals surface area (Å²) >= 11 is 1.25. The first-order chi connectivity index (χ1) is 11.4. The average molecular weight is 371 g/mol. The highest BCUT2D eigenvalue weighted by atomic mass is 32.2. The number of carbonyl (C=O) groups is 1. The van der Waals surface area contributed by atoms with E-state index in [1.807, 2.05) is 4.90 Å². The van der Waals surface area contributed by atoms with Gasteiger partial charge in [-0.15, -0.1) is 11.3 Å². The summed E-state index contributed by atoms with van der Waals surface area (Å²) in [7, 11) is -3.38. The van der Waals surface area contributed by atoms with Crippen LogP contribution >= 0.6 is 11.3 Å². The van der Waals surface area contributed by atoms with Gasteiger partial charge in [-0.3, -0.25) is 4.79 Å². The van der Waals surface area contributed by atoms with E-state index >= 15 is 0 Å². The van der Waals surface area contributed by atoms with Crippen molar-refractivity contribution in [3.8, 4) is 0 Å². The molecule has 1 amide bonds. The van der Waals surface area contributed by atoms with Gasteiger partial charge in [-0.1, -0.05) is 19.9 Å². The Bertz CT molecular complexity index is 654. The molecule has 3 heterocycles. The summed E-state index contributed by atoms with van der Waals surface area (Å²) in [6, 6.07) is 3.40. The minimum atomic E-state index is -3.38. The van der Waals surface area contributed by atoms with Gasteiger partial charge in [-0.05, 0) is 42.5 Å².